The van der Waals surface area contributed by atoms with E-state index in [1.54, 1.807) is 6.33 Å². The molecule has 7 heteroatoms. The van der Waals surface area contributed by atoms with Crippen molar-refractivity contribution in [2.24, 2.45) is 0 Å². The van der Waals surface area contributed by atoms with E-state index in [0.29, 0.717) is 6.61 Å². The standard InChI is InChI=1S/C51H40N6O/c1-4-13-34(14-5-1)48-43-23-22-38(54-43)30-40-31-42(37-19-12-21-41(29-37)58-28-11-10-20-39-32-52-33-53-39)51(55-40)50(36-17-8-3-9-18-36)47-27-26-46(57-47)49(35-15-6-2-7-16-35)45-25-24-44(48)56-45/h1-9,12-19,21-27,29-33,55-56H,10-11,20,28H2,(H,52,53). The summed E-state index contributed by atoms with van der Waals surface area (Å²) in [6.45, 7) is 0.629. The lowest BCUT2D eigenvalue weighted by Crippen LogP contribution is -1.98. The van der Waals surface area contributed by atoms with Crippen molar-refractivity contribution in [2.75, 3.05) is 6.61 Å². The average molecular weight is 753 g/mol. The molecule has 0 saturated carbocycles. The SMILES string of the molecule is C1=Cc2nc1cc1cc(-c3cccc(OCCCCc4c[nH]cn4)c3)c([nH]1)c(-c1ccccc1)c1nc(c(-c3ccccc3)c3ccc([nH]3)c2-c2ccccc2)C=C1. The number of rotatable bonds is 10. The van der Waals surface area contributed by atoms with Gasteiger partial charge in [0.25, 0.3) is 0 Å². The highest BCUT2D eigenvalue weighted by atomic mass is 16.5. The maximum absolute atomic E-state index is 6.34. The highest BCUT2D eigenvalue weighted by Gasteiger charge is 2.19. The first-order valence-corrected chi connectivity index (χ1v) is 19.8. The molecule has 6 heterocycles. The van der Waals surface area contributed by atoms with Gasteiger partial charge in [-0.2, -0.15) is 0 Å². The van der Waals surface area contributed by atoms with Gasteiger partial charge >= 0.3 is 0 Å². The average Bonchev–Trinajstić information content (AvgIpc) is 4.13. The Bertz CT molecular complexity index is 2960. The zero-order chi connectivity index (χ0) is 38.7. The summed E-state index contributed by atoms with van der Waals surface area (Å²) in [5.74, 6) is 0.835. The van der Waals surface area contributed by atoms with Crippen LogP contribution in [0.15, 0.2) is 152 Å². The van der Waals surface area contributed by atoms with Gasteiger partial charge in [-0.05, 0) is 102 Å². The quantitative estimate of drug-likeness (QED) is 0.121. The van der Waals surface area contributed by atoms with Crippen molar-refractivity contribution >= 4 is 46.4 Å². The molecule has 7 nitrogen and oxygen atoms in total. The van der Waals surface area contributed by atoms with Gasteiger partial charge in [0.15, 0.2) is 0 Å². The van der Waals surface area contributed by atoms with E-state index in [-0.39, 0.29) is 0 Å². The molecule has 0 atom stereocenters. The minimum absolute atomic E-state index is 0.629. The van der Waals surface area contributed by atoms with Gasteiger partial charge < -0.3 is 19.7 Å². The molecule has 10 rings (SSSR count). The summed E-state index contributed by atoms with van der Waals surface area (Å²) in [6, 6.07) is 48.6. The third-order valence-corrected chi connectivity index (χ3v) is 10.7. The van der Waals surface area contributed by atoms with Crippen LogP contribution in [-0.2, 0) is 6.42 Å². The van der Waals surface area contributed by atoms with E-state index >= 15 is 0 Å². The van der Waals surface area contributed by atoms with Crippen LogP contribution in [0.1, 0.15) is 41.3 Å². The summed E-state index contributed by atoms with van der Waals surface area (Å²) in [6.07, 6.45) is 15.0. The Balaban J connectivity index is 1.21. The second-order valence-electron chi connectivity index (χ2n) is 14.5. The van der Waals surface area contributed by atoms with Gasteiger partial charge in [0.2, 0.25) is 0 Å². The number of benzene rings is 4. The van der Waals surface area contributed by atoms with Crippen molar-refractivity contribution < 1.29 is 4.74 Å². The van der Waals surface area contributed by atoms with E-state index in [0.717, 1.165) is 120 Å². The third kappa shape index (κ3) is 7.06. The number of hydrogen-bond acceptors (Lipinski definition) is 4. The Morgan fingerprint density at radius 1 is 0.517 bits per heavy atom. The topological polar surface area (TPSA) is 95.3 Å². The molecule has 0 spiro atoms. The molecule has 0 saturated heterocycles. The number of aromatic amines is 3. The zero-order valence-corrected chi connectivity index (χ0v) is 31.8. The van der Waals surface area contributed by atoms with E-state index in [4.69, 9.17) is 14.7 Å². The molecule has 58 heavy (non-hydrogen) atoms. The van der Waals surface area contributed by atoms with Crippen LogP contribution in [0.3, 0.4) is 0 Å². The van der Waals surface area contributed by atoms with E-state index < -0.39 is 0 Å². The Labute approximate surface area is 336 Å². The number of fused-ring (bicyclic) bond motifs is 8. The summed E-state index contributed by atoms with van der Waals surface area (Å²) in [4.78, 5) is 25.7. The van der Waals surface area contributed by atoms with Gasteiger partial charge in [-0.15, -0.1) is 0 Å². The van der Waals surface area contributed by atoms with E-state index in [2.05, 4.69) is 172 Å². The summed E-state index contributed by atoms with van der Waals surface area (Å²) in [7, 11) is 0. The summed E-state index contributed by atoms with van der Waals surface area (Å²) in [5.41, 5.74) is 16.8. The summed E-state index contributed by atoms with van der Waals surface area (Å²) >= 11 is 0. The minimum atomic E-state index is 0.629. The summed E-state index contributed by atoms with van der Waals surface area (Å²) < 4.78 is 6.34. The smallest absolute Gasteiger partial charge is 0.119 e. The molecule has 0 unspecified atom stereocenters. The molecule has 0 fully saturated rings. The fourth-order valence-electron chi connectivity index (χ4n) is 7.96. The van der Waals surface area contributed by atoms with Gasteiger partial charge in [0.1, 0.15) is 5.75 Å². The number of aryl methyl sites for hydroxylation is 1. The summed E-state index contributed by atoms with van der Waals surface area (Å²) in [5, 5.41) is 0. The van der Waals surface area contributed by atoms with Crippen LogP contribution >= 0.6 is 0 Å². The first-order valence-electron chi connectivity index (χ1n) is 19.8. The van der Waals surface area contributed by atoms with Gasteiger partial charge in [-0.25, -0.2) is 15.0 Å². The minimum Gasteiger partial charge on any atom is -0.494 e. The van der Waals surface area contributed by atoms with Crippen molar-refractivity contribution in [1.29, 1.82) is 0 Å². The van der Waals surface area contributed by atoms with Crippen molar-refractivity contribution in [2.45, 2.75) is 19.3 Å². The van der Waals surface area contributed by atoms with Gasteiger partial charge in [-0.3, -0.25) is 0 Å². The van der Waals surface area contributed by atoms with Crippen molar-refractivity contribution in [1.82, 2.24) is 29.9 Å². The highest BCUT2D eigenvalue weighted by molar-refractivity contribution is 6.01. The third-order valence-electron chi connectivity index (χ3n) is 10.7. The van der Waals surface area contributed by atoms with E-state index in [1.165, 1.54) is 0 Å². The fourth-order valence-corrected chi connectivity index (χ4v) is 7.96. The van der Waals surface area contributed by atoms with E-state index in [9.17, 15) is 0 Å². The predicted octanol–water partition coefficient (Wildman–Crippen LogP) is 12.4. The van der Waals surface area contributed by atoms with Crippen LogP contribution in [0, 0.1) is 0 Å². The first kappa shape index (κ1) is 34.9. The molecule has 8 aromatic rings. The molecular formula is C51H40N6O. The second kappa shape index (κ2) is 15.6. The lowest BCUT2D eigenvalue weighted by Gasteiger charge is -2.10. The predicted molar refractivity (Wildman–Crippen MR) is 238 cm³/mol. The van der Waals surface area contributed by atoms with Crippen LogP contribution in [0.4, 0.5) is 0 Å². The molecule has 8 bridgehead atoms. The van der Waals surface area contributed by atoms with Crippen molar-refractivity contribution in [3.63, 3.8) is 0 Å². The first-order chi connectivity index (χ1) is 28.7. The number of unbranched alkanes of at least 4 members (excludes halogenated alkanes) is 1. The molecule has 2 aliphatic rings. The Hall–Kier alpha value is -7.51. The molecular weight excluding hydrogens is 713 g/mol. The van der Waals surface area contributed by atoms with Crippen LogP contribution in [0.5, 0.6) is 5.75 Å². The number of nitrogens with zero attached hydrogens (tertiary/aromatic N) is 3. The number of ether oxygens (including phenoxy) is 1. The van der Waals surface area contributed by atoms with Gasteiger partial charge in [0, 0.05) is 45.0 Å². The number of aromatic nitrogens is 6. The molecule has 0 amide bonds. The molecule has 4 aromatic carbocycles. The molecule has 2 aliphatic heterocycles. The molecule has 0 aliphatic carbocycles. The Morgan fingerprint density at radius 3 is 1.81 bits per heavy atom. The van der Waals surface area contributed by atoms with Crippen LogP contribution < -0.4 is 4.74 Å². The van der Waals surface area contributed by atoms with Crippen LogP contribution in [0.25, 0.3) is 90.9 Å². The largest absolute Gasteiger partial charge is 0.494 e. The Morgan fingerprint density at radius 2 is 1.14 bits per heavy atom. The van der Waals surface area contributed by atoms with Crippen LogP contribution in [0.2, 0.25) is 0 Å². The lowest BCUT2D eigenvalue weighted by atomic mass is 9.99. The molecule has 3 N–H and O–H groups in total. The fraction of sp³-hybridized carbons (Fsp3) is 0.0784. The maximum Gasteiger partial charge on any atom is 0.119 e. The number of imidazole rings is 1. The van der Waals surface area contributed by atoms with Crippen molar-refractivity contribution in [3.8, 4) is 50.3 Å². The molecule has 4 aromatic heterocycles. The van der Waals surface area contributed by atoms with E-state index in [1.807, 2.05) is 18.3 Å². The molecule has 0 radical (unpaired) electrons. The number of hydrogen-bond donors (Lipinski definition) is 3. The number of nitrogens with one attached hydrogen (secondary N) is 3. The second-order valence-corrected chi connectivity index (χ2v) is 14.5. The monoisotopic (exact) mass is 752 g/mol. The maximum atomic E-state index is 6.34. The normalized spacial score (nSPS) is 11.9. The lowest BCUT2D eigenvalue weighted by molar-refractivity contribution is 0.307. The highest BCUT2D eigenvalue weighted by Crippen LogP contribution is 2.39. The number of H-pyrrole nitrogens is 3. The Kier molecular flexibility index (Phi) is 9.37. The van der Waals surface area contributed by atoms with Gasteiger partial charge in [0.05, 0.1) is 46.9 Å². The molecule has 280 valence electrons. The zero-order valence-electron chi connectivity index (χ0n) is 31.8. The van der Waals surface area contributed by atoms with Crippen molar-refractivity contribution in [3.05, 3.63) is 181 Å². The van der Waals surface area contributed by atoms with Crippen LogP contribution in [-0.4, -0.2) is 36.5 Å². The van der Waals surface area contributed by atoms with Gasteiger partial charge in [-0.1, -0.05) is 103 Å².